The van der Waals surface area contributed by atoms with Crippen LogP contribution in [0.1, 0.15) is 42.0 Å². The molecule has 0 radical (unpaired) electrons. The lowest BCUT2D eigenvalue weighted by Gasteiger charge is -2.14. The molecule has 1 atom stereocenters. The van der Waals surface area contributed by atoms with Gasteiger partial charge in [0.15, 0.2) is 0 Å². The Morgan fingerprint density at radius 3 is 1.82 bits per heavy atom. The van der Waals surface area contributed by atoms with Gasteiger partial charge in [-0.15, -0.1) is 0 Å². The largest absolute Gasteiger partial charge is 0.494 e. The van der Waals surface area contributed by atoms with Crippen LogP contribution in [0.15, 0.2) is 91.0 Å². The molecule has 1 unspecified atom stereocenters. The van der Waals surface area contributed by atoms with Gasteiger partial charge in [0.2, 0.25) is 0 Å². The number of rotatable bonds is 9. The molecule has 0 amide bonds. The van der Waals surface area contributed by atoms with Crippen LogP contribution in [0.25, 0.3) is 11.1 Å². The van der Waals surface area contributed by atoms with Gasteiger partial charge >= 0.3 is 0 Å². The van der Waals surface area contributed by atoms with Crippen molar-refractivity contribution in [1.82, 2.24) is 0 Å². The second-order valence-corrected chi connectivity index (χ2v) is 8.71. The zero-order valence-electron chi connectivity index (χ0n) is 19.7. The van der Waals surface area contributed by atoms with E-state index in [-0.39, 0.29) is 11.5 Å². The predicted molar refractivity (Wildman–Crippen MR) is 135 cm³/mol. The van der Waals surface area contributed by atoms with Crippen LogP contribution in [0.4, 0.5) is 8.78 Å². The highest BCUT2D eigenvalue weighted by Crippen LogP contribution is 2.29. The number of benzene rings is 4. The summed E-state index contributed by atoms with van der Waals surface area (Å²) in [5.74, 6) is -0.0592. The van der Waals surface area contributed by atoms with Gasteiger partial charge in [0, 0.05) is 5.56 Å². The molecule has 0 aliphatic rings. The zero-order valence-corrected chi connectivity index (χ0v) is 19.7. The molecule has 4 aromatic carbocycles. The van der Waals surface area contributed by atoms with Crippen molar-refractivity contribution in [3.63, 3.8) is 0 Å². The summed E-state index contributed by atoms with van der Waals surface area (Å²) in [6.07, 6.45) is 2.14. The Kier molecular flexibility index (Phi) is 7.74. The molecule has 4 aromatic rings. The van der Waals surface area contributed by atoms with Crippen LogP contribution < -0.4 is 4.74 Å². The van der Waals surface area contributed by atoms with E-state index >= 15 is 0 Å². The van der Waals surface area contributed by atoms with Gasteiger partial charge in [-0.3, -0.25) is 0 Å². The Labute approximate surface area is 201 Å². The van der Waals surface area contributed by atoms with Crippen molar-refractivity contribution in [2.24, 2.45) is 0 Å². The van der Waals surface area contributed by atoms with Crippen LogP contribution in [0.5, 0.6) is 5.75 Å². The summed E-state index contributed by atoms with van der Waals surface area (Å²) < 4.78 is 35.3. The van der Waals surface area contributed by atoms with E-state index in [1.807, 2.05) is 80.6 Å². The fraction of sp³-hybridized carbons (Fsp3) is 0.226. The average Bonchev–Trinajstić information content (AvgIpc) is 2.86. The zero-order chi connectivity index (χ0) is 23.9. The van der Waals surface area contributed by atoms with Crippen molar-refractivity contribution in [3.8, 4) is 16.9 Å². The molecular weight excluding hydrogens is 426 g/mol. The maximum Gasteiger partial charge on any atom is 0.129 e. The summed E-state index contributed by atoms with van der Waals surface area (Å²) >= 11 is 0. The van der Waals surface area contributed by atoms with E-state index in [1.54, 1.807) is 0 Å². The van der Waals surface area contributed by atoms with Crippen LogP contribution >= 0.6 is 0 Å². The van der Waals surface area contributed by atoms with Crippen molar-refractivity contribution in [1.29, 1.82) is 0 Å². The third-order valence-electron chi connectivity index (χ3n) is 6.24. The second kappa shape index (κ2) is 11.1. The van der Waals surface area contributed by atoms with Crippen LogP contribution in [-0.2, 0) is 19.3 Å². The first-order valence-electron chi connectivity index (χ1n) is 11.9. The molecule has 174 valence electrons. The van der Waals surface area contributed by atoms with Gasteiger partial charge in [-0.05, 0) is 84.2 Å². The SMILES string of the molecule is CCOc1ccc(CCc2ccc(-c3cc(F)c(CC(C)c4ccccc4)c(F)c3)cc2)cc1. The molecule has 0 saturated heterocycles. The lowest BCUT2D eigenvalue weighted by atomic mass is 9.92. The van der Waals surface area contributed by atoms with E-state index in [0.717, 1.165) is 29.7 Å². The third-order valence-corrected chi connectivity index (χ3v) is 6.24. The lowest BCUT2D eigenvalue weighted by molar-refractivity contribution is 0.340. The number of aryl methyl sites for hydroxylation is 2. The van der Waals surface area contributed by atoms with Crippen molar-refractivity contribution >= 4 is 0 Å². The molecule has 0 fully saturated rings. The minimum atomic E-state index is -0.489. The predicted octanol–water partition coefficient (Wildman–Crippen LogP) is 8.16. The number of halogens is 2. The number of hydrogen-bond donors (Lipinski definition) is 0. The second-order valence-electron chi connectivity index (χ2n) is 8.71. The van der Waals surface area contributed by atoms with Crippen LogP contribution in [0, 0.1) is 11.6 Å². The minimum absolute atomic E-state index is 0.0331. The molecule has 3 heteroatoms. The van der Waals surface area contributed by atoms with E-state index in [2.05, 4.69) is 12.1 Å². The Hall–Kier alpha value is -3.46. The fourth-order valence-electron chi connectivity index (χ4n) is 4.24. The number of hydrogen-bond acceptors (Lipinski definition) is 1. The summed E-state index contributed by atoms with van der Waals surface area (Å²) in [5.41, 5.74) is 5.02. The van der Waals surface area contributed by atoms with Gasteiger partial charge in [-0.1, -0.05) is 73.7 Å². The molecule has 0 bridgehead atoms. The Morgan fingerprint density at radius 2 is 1.26 bits per heavy atom. The van der Waals surface area contributed by atoms with Crippen molar-refractivity contribution in [2.75, 3.05) is 6.61 Å². The van der Waals surface area contributed by atoms with Crippen LogP contribution in [0.3, 0.4) is 0 Å². The normalized spacial score (nSPS) is 11.9. The van der Waals surface area contributed by atoms with E-state index < -0.39 is 11.6 Å². The molecule has 0 heterocycles. The highest BCUT2D eigenvalue weighted by Gasteiger charge is 2.16. The van der Waals surface area contributed by atoms with Crippen molar-refractivity contribution in [3.05, 3.63) is 125 Å². The Morgan fingerprint density at radius 1 is 0.706 bits per heavy atom. The number of ether oxygens (including phenoxy) is 1. The van der Waals surface area contributed by atoms with Crippen LogP contribution in [0.2, 0.25) is 0 Å². The quantitative estimate of drug-likeness (QED) is 0.247. The molecular formula is C31H30F2O. The molecule has 34 heavy (non-hydrogen) atoms. The van der Waals surface area contributed by atoms with E-state index in [4.69, 9.17) is 4.74 Å². The summed E-state index contributed by atoms with van der Waals surface area (Å²) in [7, 11) is 0. The standard InChI is InChI=1S/C31H30F2O/c1-3-34-28-17-13-24(14-18-28)10-9-23-11-15-26(16-12-23)27-20-30(32)29(31(33)21-27)19-22(2)25-7-5-4-6-8-25/h4-8,11-18,20-22H,3,9-10,19H2,1-2H3. The average molecular weight is 457 g/mol. The van der Waals surface area contributed by atoms with Gasteiger partial charge in [-0.2, -0.15) is 0 Å². The Balaban J connectivity index is 1.42. The highest BCUT2D eigenvalue weighted by atomic mass is 19.1. The van der Waals surface area contributed by atoms with Gasteiger partial charge in [0.25, 0.3) is 0 Å². The first-order chi connectivity index (χ1) is 16.5. The summed E-state index contributed by atoms with van der Waals surface area (Å²) in [6, 6.07) is 28.8. The summed E-state index contributed by atoms with van der Waals surface area (Å²) in [5, 5.41) is 0. The molecule has 0 N–H and O–H groups in total. The van der Waals surface area contributed by atoms with Gasteiger partial charge in [0.1, 0.15) is 17.4 Å². The Bertz CT molecular complexity index is 1180. The van der Waals surface area contributed by atoms with Gasteiger partial charge in [0.05, 0.1) is 6.61 Å². The van der Waals surface area contributed by atoms with Crippen LogP contribution in [-0.4, -0.2) is 6.61 Å². The molecule has 1 nitrogen and oxygen atoms in total. The smallest absolute Gasteiger partial charge is 0.129 e. The molecule has 0 saturated carbocycles. The summed E-state index contributed by atoms with van der Waals surface area (Å²) in [4.78, 5) is 0. The molecule has 0 aliphatic heterocycles. The maximum absolute atomic E-state index is 14.9. The van der Waals surface area contributed by atoms with E-state index in [0.29, 0.717) is 18.6 Å². The molecule has 0 aromatic heterocycles. The minimum Gasteiger partial charge on any atom is -0.494 e. The van der Waals surface area contributed by atoms with Crippen molar-refractivity contribution in [2.45, 2.75) is 39.0 Å². The van der Waals surface area contributed by atoms with Gasteiger partial charge in [-0.25, -0.2) is 8.78 Å². The first-order valence-corrected chi connectivity index (χ1v) is 11.9. The molecule has 4 rings (SSSR count). The highest BCUT2D eigenvalue weighted by molar-refractivity contribution is 5.64. The fourth-order valence-corrected chi connectivity index (χ4v) is 4.24. The van der Waals surface area contributed by atoms with E-state index in [1.165, 1.54) is 23.3 Å². The third kappa shape index (κ3) is 5.91. The topological polar surface area (TPSA) is 9.23 Å². The van der Waals surface area contributed by atoms with E-state index in [9.17, 15) is 8.78 Å². The van der Waals surface area contributed by atoms with Gasteiger partial charge < -0.3 is 4.74 Å². The lowest BCUT2D eigenvalue weighted by Crippen LogP contribution is -2.04. The molecule has 0 spiro atoms. The monoisotopic (exact) mass is 456 g/mol. The maximum atomic E-state index is 14.9. The molecule has 0 aliphatic carbocycles. The summed E-state index contributed by atoms with van der Waals surface area (Å²) in [6.45, 7) is 4.63. The van der Waals surface area contributed by atoms with Crippen molar-refractivity contribution < 1.29 is 13.5 Å². The first kappa shape index (κ1) is 23.7.